The second-order valence-electron chi connectivity index (χ2n) is 4.70. The van der Waals surface area contributed by atoms with E-state index in [-0.39, 0.29) is 6.54 Å². The van der Waals surface area contributed by atoms with Gasteiger partial charge in [0, 0.05) is 12.8 Å². The number of hydrogen-bond donors (Lipinski definition) is 2. The second-order valence-corrected chi connectivity index (χ2v) is 8.89. The molecule has 0 aromatic carbocycles. The fraction of sp³-hybridized carbons (Fsp3) is 1.00. The lowest BCUT2D eigenvalue weighted by Crippen LogP contribution is -2.42. The van der Waals surface area contributed by atoms with Crippen LogP contribution in [-0.2, 0) is 19.9 Å². The Kier molecular flexibility index (Phi) is 4.56. The van der Waals surface area contributed by atoms with Gasteiger partial charge in [-0.25, -0.2) is 21.6 Å². The number of nitrogens with one attached hydrogen (secondary N) is 1. The summed E-state index contributed by atoms with van der Waals surface area (Å²) in [5.41, 5.74) is -0.960. The van der Waals surface area contributed by atoms with Crippen molar-refractivity contribution in [1.29, 1.82) is 0 Å². The van der Waals surface area contributed by atoms with Gasteiger partial charge in [0.1, 0.15) is 9.84 Å². The number of hydrogen-bond acceptors (Lipinski definition) is 5. The predicted molar refractivity (Wildman–Crippen MR) is 64.9 cm³/mol. The van der Waals surface area contributed by atoms with Crippen LogP contribution in [-0.4, -0.2) is 51.8 Å². The van der Waals surface area contributed by atoms with Crippen LogP contribution in [0, 0.1) is 0 Å². The van der Waals surface area contributed by atoms with Gasteiger partial charge in [-0.3, -0.25) is 0 Å². The molecule has 0 aliphatic heterocycles. The van der Waals surface area contributed by atoms with Crippen LogP contribution in [0.4, 0.5) is 0 Å². The molecule has 0 amide bonds. The fourth-order valence-electron chi connectivity index (χ4n) is 1.79. The Morgan fingerprint density at radius 1 is 1.12 bits per heavy atom. The van der Waals surface area contributed by atoms with Crippen molar-refractivity contribution < 1.29 is 21.9 Å². The maximum absolute atomic E-state index is 11.5. The number of sulfonamides is 1. The SMILES string of the molecule is CS(=O)(=O)CCS(=O)(=O)NCC1(O)CCCC1. The molecule has 1 aliphatic carbocycles. The van der Waals surface area contributed by atoms with E-state index in [0.29, 0.717) is 12.8 Å². The third kappa shape index (κ3) is 5.80. The van der Waals surface area contributed by atoms with Crippen LogP contribution in [0.3, 0.4) is 0 Å². The average Bonchev–Trinajstić information content (AvgIpc) is 2.60. The highest BCUT2D eigenvalue weighted by atomic mass is 32.2. The van der Waals surface area contributed by atoms with Crippen LogP contribution >= 0.6 is 0 Å². The van der Waals surface area contributed by atoms with E-state index in [1.807, 2.05) is 0 Å². The summed E-state index contributed by atoms with van der Waals surface area (Å²) in [5.74, 6) is -0.858. The molecule has 0 unspecified atom stereocenters. The summed E-state index contributed by atoms with van der Waals surface area (Å²) in [6.45, 7) is -0.0287. The van der Waals surface area contributed by atoms with Crippen LogP contribution in [0.15, 0.2) is 0 Å². The summed E-state index contributed by atoms with van der Waals surface area (Å²) < 4.78 is 47.0. The lowest BCUT2D eigenvalue weighted by atomic mass is 10.0. The van der Waals surface area contributed by atoms with Gasteiger partial charge >= 0.3 is 0 Å². The Balaban J connectivity index is 2.44. The van der Waals surface area contributed by atoms with Crippen LogP contribution < -0.4 is 4.72 Å². The highest BCUT2D eigenvalue weighted by molar-refractivity contribution is 7.93. The molecular weight excluding hydrogens is 266 g/mol. The molecule has 0 radical (unpaired) electrons. The first-order valence-corrected chi connectivity index (χ1v) is 9.21. The molecule has 0 aromatic heterocycles. The van der Waals surface area contributed by atoms with Crippen molar-refractivity contribution in [3.63, 3.8) is 0 Å². The molecular formula is C9H19NO5S2. The third-order valence-electron chi connectivity index (χ3n) is 2.88. The van der Waals surface area contributed by atoms with Gasteiger partial charge in [0.2, 0.25) is 10.0 Å². The Bertz CT molecular complexity index is 448. The van der Waals surface area contributed by atoms with Gasteiger partial charge in [0.15, 0.2) is 0 Å². The molecule has 0 spiro atoms. The van der Waals surface area contributed by atoms with Crippen LogP contribution in [0.25, 0.3) is 0 Å². The normalized spacial score (nSPS) is 20.6. The van der Waals surface area contributed by atoms with Crippen LogP contribution in [0.2, 0.25) is 0 Å². The molecule has 2 N–H and O–H groups in total. The van der Waals surface area contributed by atoms with Gasteiger partial charge in [-0.1, -0.05) is 12.8 Å². The van der Waals surface area contributed by atoms with Crippen molar-refractivity contribution in [3.8, 4) is 0 Å². The van der Waals surface area contributed by atoms with Gasteiger partial charge < -0.3 is 5.11 Å². The Morgan fingerprint density at radius 3 is 2.12 bits per heavy atom. The average molecular weight is 285 g/mol. The fourth-order valence-corrected chi connectivity index (χ4v) is 4.51. The van der Waals surface area contributed by atoms with Crippen molar-refractivity contribution in [3.05, 3.63) is 0 Å². The number of sulfone groups is 1. The van der Waals surface area contributed by atoms with E-state index in [1.54, 1.807) is 0 Å². The molecule has 6 nitrogen and oxygen atoms in total. The monoisotopic (exact) mass is 285 g/mol. The van der Waals surface area contributed by atoms with Gasteiger partial charge in [-0.15, -0.1) is 0 Å². The first kappa shape index (κ1) is 14.9. The maximum atomic E-state index is 11.5. The number of rotatable bonds is 6. The molecule has 0 aromatic rings. The second kappa shape index (κ2) is 5.21. The van der Waals surface area contributed by atoms with Crippen molar-refractivity contribution in [2.45, 2.75) is 31.3 Å². The van der Waals surface area contributed by atoms with Crippen molar-refractivity contribution in [2.24, 2.45) is 0 Å². The Morgan fingerprint density at radius 2 is 1.65 bits per heavy atom. The van der Waals surface area contributed by atoms with E-state index >= 15 is 0 Å². The van der Waals surface area contributed by atoms with E-state index in [4.69, 9.17) is 0 Å². The largest absolute Gasteiger partial charge is 0.389 e. The molecule has 1 saturated carbocycles. The molecule has 0 bridgehead atoms. The molecule has 8 heteroatoms. The van der Waals surface area contributed by atoms with E-state index in [1.165, 1.54) is 0 Å². The molecule has 102 valence electrons. The van der Waals surface area contributed by atoms with Crippen molar-refractivity contribution >= 4 is 19.9 Å². The Labute approximate surface area is 102 Å². The quantitative estimate of drug-likeness (QED) is 0.669. The van der Waals surface area contributed by atoms with Crippen molar-refractivity contribution in [2.75, 3.05) is 24.3 Å². The van der Waals surface area contributed by atoms with Crippen LogP contribution in [0.5, 0.6) is 0 Å². The predicted octanol–water partition coefficient (Wildman–Crippen LogP) is -0.744. The number of aliphatic hydroxyl groups is 1. The zero-order chi connectivity index (χ0) is 13.2. The first-order chi connectivity index (χ1) is 7.62. The smallest absolute Gasteiger partial charge is 0.212 e. The van der Waals surface area contributed by atoms with E-state index in [2.05, 4.69) is 4.72 Å². The molecule has 0 heterocycles. The van der Waals surface area contributed by atoms with Crippen molar-refractivity contribution in [1.82, 2.24) is 4.72 Å². The molecule has 0 saturated heterocycles. The standard InChI is InChI=1S/C9H19NO5S2/c1-16(12,13)6-7-17(14,15)10-8-9(11)4-2-3-5-9/h10-11H,2-8H2,1H3. The molecule has 1 rings (SSSR count). The molecule has 1 fully saturated rings. The Hall–Kier alpha value is -0.180. The van der Waals surface area contributed by atoms with Gasteiger partial charge in [-0.05, 0) is 12.8 Å². The van der Waals surface area contributed by atoms with Gasteiger partial charge in [0.05, 0.1) is 17.1 Å². The summed E-state index contributed by atoms with van der Waals surface area (Å²) in [5, 5.41) is 9.94. The first-order valence-electron chi connectivity index (χ1n) is 5.49. The molecule has 0 atom stereocenters. The van der Waals surface area contributed by atoms with E-state index in [9.17, 15) is 21.9 Å². The minimum Gasteiger partial charge on any atom is -0.389 e. The zero-order valence-corrected chi connectivity index (χ0v) is 11.5. The molecule has 1 aliphatic rings. The summed E-state index contributed by atoms with van der Waals surface area (Å²) in [7, 11) is -6.92. The lowest BCUT2D eigenvalue weighted by molar-refractivity contribution is 0.0532. The summed E-state index contributed by atoms with van der Waals surface area (Å²) in [6.07, 6.45) is 3.94. The topological polar surface area (TPSA) is 101 Å². The van der Waals surface area contributed by atoms with E-state index < -0.39 is 37.0 Å². The summed E-state index contributed by atoms with van der Waals surface area (Å²) >= 11 is 0. The molecule has 17 heavy (non-hydrogen) atoms. The maximum Gasteiger partial charge on any atom is 0.212 e. The summed E-state index contributed by atoms with van der Waals surface area (Å²) in [4.78, 5) is 0. The van der Waals surface area contributed by atoms with E-state index in [0.717, 1.165) is 19.1 Å². The zero-order valence-electron chi connectivity index (χ0n) is 9.85. The van der Waals surface area contributed by atoms with Crippen LogP contribution in [0.1, 0.15) is 25.7 Å². The lowest BCUT2D eigenvalue weighted by Gasteiger charge is -2.22. The van der Waals surface area contributed by atoms with Gasteiger partial charge in [-0.2, -0.15) is 0 Å². The van der Waals surface area contributed by atoms with Gasteiger partial charge in [0.25, 0.3) is 0 Å². The minimum absolute atomic E-state index is 0.0287. The summed E-state index contributed by atoms with van der Waals surface area (Å²) in [6, 6.07) is 0. The minimum atomic E-state index is -3.63. The third-order valence-corrected chi connectivity index (χ3v) is 5.41. The highest BCUT2D eigenvalue weighted by Crippen LogP contribution is 2.28. The highest BCUT2D eigenvalue weighted by Gasteiger charge is 2.32.